The van der Waals surface area contributed by atoms with E-state index in [0.29, 0.717) is 0 Å². The summed E-state index contributed by atoms with van der Waals surface area (Å²) in [5, 5.41) is 3.78. The molecule has 4 heteroatoms. The third kappa shape index (κ3) is 3.90. The van der Waals surface area contributed by atoms with Crippen molar-refractivity contribution in [1.29, 1.82) is 0 Å². The lowest BCUT2D eigenvalue weighted by Gasteiger charge is -2.08. The molecule has 1 atom stereocenters. The molecule has 1 amide bonds. The van der Waals surface area contributed by atoms with Crippen LogP contribution in [0.15, 0.2) is 0 Å². The van der Waals surface area contributed by atoms with E-state index in [-0.39, 0.29) is 10.7 Å². The summed E-state index contributed by atoms with van der Waals surface area (Å²) in [5.41, 5.74) is 0. The molecule has 1 aliphatic rings. The van der Waals surface area contributed by atoms with Gasteiger partial charge in [0.05, 0.1) is 4.83 Å². The summed E-state index contributed by atoms with van der Waals surface area (Å²) in [7, 11) is 0. The van der Waals surface area contributed by atoms with Crippen molar-refractivity contribution in [3.8, 4) is 0 Å². The molecule has 0 aromatic rings. The van der Waals surface area contributed by atoms with Gasteiger partial charge in [-0.3, -0.25) is 4.79 Å². The molecule has 70 valence electrons. The first-order valence-electron chi connectivity index (χ1n) is 4.21. The van der Waals surface area contributed by atoms with Crippen molar-refractivity contribution in [3.63, 3.8) is 0 Å². The van der Waals surface area contributed by atoms with Gasteiger partial charge < -0.3 is 5.32 Å². The molecule has 0 bridgehead atoms. The summed E-state index contributed by atoms with van der Waals surface area (Å²) in [6, 6.07) is 0. The predicted octanol–water partition coefficient (Wildman–Crippen LogP) is 2.06. The first kappa shape index (κ1) is 10.5. The predicted molar refractivity (Wildman–Crippen MR) is 56.9 cm³/mol. The number of rotatable bonds is 5. The number of halogens is 2. The SMILES string of the molecule is O=C(NCC1CC1)[C@@H](Br)CCBr. The lowest BCUT2D eigenvalue weighted by Crippen LogP contribution is -2.32. The van der Waals surface area contributed by atoms with E-state index in [1.807, 2.05) is 0 Å². The topological polar surface area (TPSA) is 29.1 Å². The van der Waals surface area contributed by atoms with Gasteiger partial charge in [0.25, 0.3) is 0 Å². The van der Waals surface area contributed by atoms with Crippen molar-refractivity contribution in [2.75, 3.05) is 11.9 Å². The molecule has 0 radical (unpaired) electrons. The van der Waals surface area contributed by atoms with E-state index in [0.717, 1.165) is 24.2 Å². The maximum Gasteiger partial charge on any atom is 0.233 e. The van der Waals surface area contributed by atoms with Crippen LogP contribution < -0.4 is 5.32 Å². The van der Waals surface area contributed by atoms with Crippen LogP contribution in [0.2, 0.25) is 0 Å². The second-order valence-electron chi connectivity index (χ2n) is 3.13. The minimum atomic E-state index is -0.0318. The minimum absolute atomic E-state index is 0.0318. The molecular formula is C8H13Br2NO. The van der Waals surface area contributed by atoms with Crippen molar-refractivity contribution >= 4 is 37.8 Å². The van der Waals surface area contributed by atoms with E-state index in [1.54, 1.807) is 0 Å². The summed E-state index contributed by atoms with van der Waals surface area (Å²) >= 11 is 6.63. The van der Waals surface area contributed by atoms with Crippen LogP contribution in [-0.2, 0) is 4.79 Å². The van der Waals surface area contributed by atoms with E-state index in [4.69, 9.17) is 0 Å². The number of nitrogens with one attached hydrogen (secondary N) is 1. The van der Waals surface area contributed by atoms with Gasteiger partial charge in [-0.05, 0) is 25.2 Å². The van der Waals surface area contributed by atoms with Gasteiger partial charge >= 0.3 is 0 Å². The standard InChI is InChI=1S/C8H13Br2NO/c9-4-3-7(10)8(12)11-5-6-1-2-6/h6-7H,1-5H2,(H,11,12)/t7-/m0/s1. The second-order valence-corrected chi connectivity index (χ2v) is 5.03. The Morgan fingerprint density at radius 3 is 2.75 bits per heavy atom. The molecule has 1 fully saturated rings. The number of carbonyl (C=O) groups excluding carboxylic acids is 1. The third-order valence-corrected chi connectivity index (χ3v) is 3.24. The fourth-order valence-corrected chi connectivity index (χ4v) is 2.37. The van der Waals surface area contributed by atoms with E-state index < -0.39 is 0 Å². The van der Waals surface area contributed by atoms with Crippen molar-refractivity contribution in [3.05, 3.63) is 0 Å². The fourth-order valence-electron chi connectivity index (χ4n) is 0.905. The van der Waals surface area contributed by atoms with Crippen molar-refractivity contribution in [1.82, 2.24) is 5.32 Å². The molecule has 0 unspecified atom stereocenters. The Bertz CT molecular complexity index is 159. The average Bonchev–Trinajstić information content (AvgIpc) is 2.83. The third-order valence-electron chi connectivity index (χ3n) is 1.91. The van der Waals surface area contributed by atoms with Crippen LogP contribution in [0.5, 0.6) is 0 Å². The van der Waals surface area contributed by atoms with Crippen LogP contribution in [0, 0.1) is 5.92 Å². The van der Waals surface area contributed by atoms with Gasteiger partial charge in [0.15, 0.2) is 0 Å². The molecule has 0 aromatic carbocycles. The van der Waals surface area contributed by atoms with Gasteiger partial charge in [0.1, 0.15) is 0 Å². The van der Waals surface area contributed by atoms with Gasteiger partial charge in [0, 0.05) is 11.9 Å². The van der Waals surface area contributed by atoms with Crippen molar-refractivity contribution in [2.24, 2.45) is 5.92 Å². The Morgan fingerprint density at radius 1 is 1.58 bits per heavy atom. The summed E-state index contributed by atoms with van der Waals surface area (Å²) < 4.78 is 0. The van der Waals surface area contributed by atoms with Crippen LogP contribution in [0.1, 0.15) is 19.3 Å². The molecule has 1 saturated carbocycles. The zero-order valence-electron chi connectivity index (χ0n) is 6.85. The molecule has 0 spiro atoms. The number of hydrogen-bond acceptors (Lipinski definition) is 1. The molecule has 1 rings (SSSR count). The van der Waals surface area contributed by atoms with Crippen LogP contribution in [0.4, 0.5) is 0 Å². The molecule has 12 heavy (non-hydrogen) atoms. The summed E-state index contributed by atoms with van der Waals surface area (Å²) in [5.74, 6) is 0.888. The van der Waals surface area contributed by atoms with Gasteiger partial charge in [-0.25, -0.2) is 0 Å². The Morgan fingerprint density at radius 2 is 2.25 bits per heavy atom. The van der Waals surface area contributed by atoms with Crippen LogP contribution in [0.25, 0.3) is 0 Å². The highest BCUT2D eigenvalue weighted by molar-refractivity contribution is 9.10. The zero-order chi connectivity index (χ0) is 8.97. The number of carbonyl (C=O) groups is 1. The molecule has 1 aliphatic carbocycles. The Hall–Kier alpha value is 0.430. The normalized spacial score (nSPS) is 18.8. The first-order chi connectivity index (χ1) is 5.74. The zero-order valence-corrected chi connectivity index (χ0v) is 10.0. The first-order valence-corrected chi connectivity index (χ1v) is 6.25. The van der Waals surface area contributed by atoms with Gasteiger partial charge in [-0.1, -0.05) is 31.9 Å². The van der Waals surface area contributed by atoms with Crippen molar-refractivity contribution in [2.45, 2.75) is 24.1 Å². The molecule has 0 aromatic heterocycles. The summed E-state index contributed by atoms with van der Waals surface area (Å²) in [6.07, 6.45) is 3.41. The van der Waals surface area contributed by atoms with Crippen LogP contribution in [0.3, 0.4) is 0 Å². The van der Waals surface area contributed by atoms with Crippen LogP contribution in [-0.4, -0.2) is 22.6 Å². The number of amides is 1. The minimum Gasteiger partial charge on any atom is -0.355 e. The Balaban J connectivity index is 2.07. The maximum atomic E-state index is 11.3. The lowest BCUT2D eigenvalue weighted by atomic mass is 10.3. The van der Waals surface area contributed by atoms with Gasteiger partial charge in [0.2, 0.25) is 5.91 Å². The Labute approximate surface area is 89.7 Å². The smallest absolute Gasteiger partial charge is 0.233 e. The number of hydrogen-bond donors (Lipinski definition) is 1. The summed E-state index contributed by atoms with van der Waals surface area (Å²) in [6.45, 7) is 0.864. The van der Waals surface area contributed by atoms with E-state index in [2.05, 4.69) is 37.2 Å². The second kappa shape index (κ2) is 5.22. The lowest BCUT2D eigenvalue weighted by molar-refractivity contribution is -0.120. The summed E-state index contributed by atoms with van der Waals surface area (Å²) in [4.78, 5) is 11.3. The molecular weight excluding hydrogens is 286 g/mol. The molecule has 1 N–H and O–H groups in total. The van der Waals surface area contributed by atoms with E-state index in [1.165, 1.54) is 12.8 Å². The maximum absolute atomic E-state index is 11.3. The highest BCUT2D eigenvalue weighted by atomic mass is 79.9. The van der Waals surface area contributed by atoms with E-state index >= 15 is 0 Å². The molecule has 2 nitrogen and oxygen atoms in total. The molecule has 0 heterocycles. The van der Waals surface area contributed by atoms with Gasteiger partial charge in [-0.15, -0.1) is 0 Å². The van der Waals surface area contributed by atoms with Crippen molar-refractivity contribution < 1.29 is 4.79 Å². The molecule has 0 saturated heterocycles. The highest BCUT2D eigenvalue weighted by Crippen LogP contribution is 2.27. The highest BCUT2D eigenvalue weighted by Gasteiger charge is 2.23. The monoisotopic (exact) mass is 297 g/mol. The van der Waals surface area contributed by atoms with Crippen LogP contribution >= 0.6 is 31.9 Å². The number of alkyl halides is 2. The largest absolute Gasteiger partial charge is 0.355 e. The average molecular weight is 299 g/mol. The van der Waals surface area contributed by atoms with Gasteiger partial charge in [-0.2, -0.15) is 0 Å². The van der Waals surface area contributed by atoms with E-state index in [9.17, 15) is 4.79 Å². The Kier molecular flexibility index (Phi) is 4.57. The molecule has 0 aliphatic heterocycles. The quantitative estimate of drug-likeness (QED) is 0.774. The fraction of sp³-hybridized carbons (Fsp3) is 0.875.